The highest BCUT2D eigenvalue weighted by molar-refractivity contribution is 5.98. The number of nitrogen functional groups attached to an aromatic ring is 1. The fourth-order valence-corrected chi connectivity index (χ4v) is 3.07. The molecule has 1 aliphatic rings. The van der Waals surface area contributed by atoms with Crippen molar-refractivity contribution in [2.75, 3.05) is 26.0 Å². The van der Waals surface area contributed by atoms with Gasteiger partial charge in [-0.15, -0.1) is 0 Å². The van der Waals surface area contributed by atoms with Gasteiger partial charge in [0.1, 0.15) is 0 Å². The van der Waals surface area contributed by atoms with E-state index < -0.39 is 0 Å². The number of hydrogen-bond donors (Lipinski definition) is 3. The Morgan fingerprint density at radius 2 is 2.10 bits per heavy atom. The zero-order valence-electron chi connectivity index (χ0n) is 12.5. The smallest absolute Gasteiger partial charge is 0.255 e. The summed E-state index contributed by atoms with van der Waals surface area (Å²) in [4.78, 5) is 12.3. The summed E-state index contributed by atoms with van der Waals surface area (Å²) >= 11 is 0. The SMILES string of the molecule is COc1c(N)cccc1C(=O)NCC1CCCCC1CO. The molecule has 21 heavy (non-hydrogen) atoms. The van der Waals surface area contributed by atoms with E-state index in [9.17, 15) is 9.90 Å². The number of methoxy groups -OCH3 is 1. The van der Waals surface area contributed by atoms with Gasteiger partial charge in [0.2, 0.25) is 0 Å². The molecule has 2 atom stereocenters. The number of nitrogens with two attached hydrogens (primary N) is 1. The van der Waals surface area contributed by atoms with Crippen LogP contribution in [0, 0.1) is 11.8 Å². The molecule has 0 radical (unpaired) electrons. The molecule has 1 amide bonds. The highest BCUT2D eigenvalue weighted by Crippen LogP contribution is 2.30. The maximum absolute atomic E-state index is 12.3. The Kier molecular flexibility index (Phi) is 5.44. The van der Waals surface area contributed by atoms with E-state index in [1.165, 1.54) is 20.0 Å². The number of amides is 1. The summed E-state index contributed by atoms with van der Waals surface area (Å²) in [5, 5.41) is 12.4. The Bertz CT molecular complexity index is 490. The van der Waals surface area contributed by atoms with E-state index in [0.29, 0.717) is 35.4 Å². The van der Waals surface area contributed by atoms with Crippen molar-refractivity contribution in [3.63, 3.8) is 0 Å². The van der Waals surface area contributed by atoms with Crippen LogP contribution in [0.4, 0.5) is 5.69 Å². The van der Waals surface area contributed by atoms with E-state index in [2.05, 4.69) is 5.32 Å². The van der Waals surface area contributed by atoms with Crippen LogP contribution < -0.4 is 15.8 Å². The summed E-state index contributed by atoms with van der Waals surface area (Å²) in [5.41, 5.74) is 6.72. The van der Waals surface area contributed by atoms with E-state index in [1.54, 1.807) is 18.2 Å². The van der Waals surface area contributed by atoms with Crippen LogP contribution in [0.2, 0.25) is 0 Å². The lowest BCUT2D eigenvalue weighted by molar-refractivity contribution is 0.0906. The van der Waals surface area contributed by atoms with Crippen molar-refractivity contribution in [2.24, 2.45) is 11.8 Å². The van der Waals surface area contributed by atoms with Crippen LogP contribution in [-0.2, 0) is 0 Å². The second kappa shape index (κ2) is 7.31. The highest BCUT2D eigenvalue weighted by Gasteiger charge is 2.25. The van der Waals surface area contributed by atoms with E-state index in [1.807, 2.05) is 0 Å². The van der Waals surface area contributed by atoms with Gasteiger partial charge in [0.25, 0.3) is 5.91 Å². The Hall–Kier alpha value is -1.75. The molecule has 5 heteroatoms. The number of benzene rings is 1. The summed E-state index contributed by atoms with van der Waals surface area (Å²) < 4.78 is 5.21. The first kappa shape index (κ1) is 15.6. The van der Waals surface area contributed by atoms with Crippen LogP contribution >= 0.6 is 0 Å². The quantitative estimate of drug-likeness (QED) is 0.723. The van der Waals surface area contributed by atoms with Crippen LogP contribution in [0.1, 0.15) is 36.0 Å². The van der Waals surface area contributed by atoms with Gasteiger partial charge in [-0.3, -0.25) is 4.79 Å². The second-order valence-corrected chi connectivity index (χ2v) is 5.63. The van der Waals surface area contributed by atoms with E-state index in [4.69, 9.17) is 10.5 Å². The first-order valence-electron chi connectivity index (χ1n) is 7.49. The van der Waals surface area contributed by atoms with Crippen molar-refractivity contribution < 1.29 is 14.6 Å². The number of aliphatic hydroxyl groups excluding tert-OH is 1. The van der Waals surface area contributed by atoms with Gasteiger partial charge in [-0.05, 0) is 36.8 Å². The van der Waals surface area contributed by atoms with Crippen LogP contribution in [-0.4, -0.2) is 31.3 Å². The molecule has 0 spiro atoms. The van der Waals surface area contributed by atoms with Gasteiger partial charge < -0.3 is 20.9 Å². The molecule has 2 rings (SSSR count). The molecular weight excluding hydrogens is 268 g/mol. The van der Waals surface area contributed by atoms with Gasteiger partial charge in [0.05, 0.1) is 18.4 Å². The Morgan fingerprint density at radius 1 is 1.38 bits per heavy atom. The molecule has 0 saturated heterocycles. The average molecular weight is 292 g/mol. The van der Waals surface area contributed by atoms with Crippen LogP contribution in [0.25, 0.3) is 0 Å². The molecule has 1 fully saturated rings. The third-order valence-corrected chi connectivity index (χ3v) is 4.32. The predicted molar refractivity (Wildman–Crippen MR) is 82.3 cm³/mol. The first-order chi connectivity index (χ1) is 10.2. The maximum atomic E-state index is 12.3. The number of hydrogen-bond acceptors (Lipinski definition) is 4. The summed E-state index contributed by atoms with van der Waals surface area (Å²) in [7, 11) is 1.51. The predicted octanol–water partition coefficient (Wildman–Crippen LogP) is 1.81. The number of rotatable bonds is 5. The third-order valence-electron chi connectivity index (χ3n) is 4.32. The largest absolute Gasteiger partial charge is 0.494 e. The molecule has 5 nitrogen and oxygen atoms in total. The molecule has 1 aliphatic carbocycles. The molecular formula is C16H24N2O3. The van der Waals surface area contributed by atoms with Crippen molar-refractivity contribution in [3.05, 3.63) is 23.8 Å². The standard InChI is InChI=1S/C16H24N2O3/c1-21-15-13(7-4-8-14(15)17)16(20)18-9-11-5-2-3-6-12(11)10-19/h4,7-8,11-12,19H,2-3,5-6,9-10,17H2,1H3,(H,18,20). The molecule has 0 aromatic heterocycles. The number of ether oxygens (including phenoxy) is 1. The molecule has 0 heterocycles. The second-order valence-electron chi connectivity index (χ2n) is 5.63. The summed E-state index contributed by atoms with van der Waals surface area (Å²) in [5.74, 6) is 0.875. The van der Waals surface area contributed by atoms with Crippen molar-refractivity contribution in [2.45, 2.75) is 25.7 Å². The lowest BCUT2D eigenvalue weighted by atomic mass is 9.79. The normalized spacial score (nSPS) is 21.8. The minimum atomic E-state index is -0.179. The summed E-state index contributed by atoms with van der Waals surface area (Å²) in [6.07, 6.45) is 4.43. The van der Waals surface area contributed by atoms with Crippen LogP contribution in [0.5, 0.6) is 5.75 Å². The summed E-state index contributed by atoms with van der Waals surface area (Å²) in [6.45, 7) is 0.782. The summed E-state index contributed by atoms with van der Waals surface area (Å²) in [6, 6.07) is 5.15. The molecule has 1 aromatic rings. The lowest BCUT2D eigenvalue weighted by Gasteiger charge is -2.30. The van der Waals surface area contributed by atoms with Gasteiger partial charge >= 0.3 is 0 Å². The van der Waals surface area contributed by atoms with Crippen molar-refractivity contribution in [1.29, 1.82) is 0 Å². The van der Waals surface area contributed by atoms with Gasteiger partial charge in [-0.1, -0.05) is 18.9 Å². The topological polar surface area (TPSA) is 84.6 Å². The van der Waals surface area contributed by atoms with Gasteiger partial charge in [-0.2, -0.15) is 0 Å². The molecule has 1 saturated carbocycles. The molecule has 4 N–H and O–H groups in total. The van der Waals surface area contributed by atoms with Crippen LogP contribution in [0.15, 0.2) is 18.2 Å². The molecule has 1 aromatic carbocycles. The van der Waals surface area contributed by atoms with E-state index >= 15 is 0 Å². The fraction of sp³-hybridized carbons (Fsp3) is 0.562. The van der Waals surface area contributed by atoms with E-state index in [-0.39, 0.29) is 12.5 Å². The minimum Gasteiger partial charge on any atom is -0.494 e. The number of carbonyl (C=O) groups is 1. The monoisotopic (exact) mass is 292 g/mol. The number of anilines is 1. The fourth-order valence-electron chi connectivity index (χ4n) is 3.07. The zero-order chi connectivity index (χ0) is 15.2. The Balaban J connectivity index is 2.00. The third kappa shape index (κ3) is 3.67. The number of para-hydroxylation sites is 1. The van der Waals surface area contributed by atoms with Crippen molar-refractivity contribution >= 4 is 11.6 Å². The average Bonchev–Trinajstić information content (AvgIpc) is 2.52. The number of carbonyl (C=O) groups excluding carboxylic acids is 1. The van der Waals surface area contributed by atoms with Gasteiger partial charge in [0.15, 0.2) is 5.75 Å². The molecule has 0 aliphatic heterocycles. The zero-order valence-corrected chi connectivity index (χ0v) is 12.5. The van der Waals surface area contributed by atoms with Crippen LogP contribution in [0.3, 0.4) is 0 Å². The van der Waals surface area contributed by atoms with Crippen molar-refractivity contribution in [1.82, 2.24) is 5.32 Å². The molecule has 116 valence electrons. The van der Waals surface area contributed by atoms with Gasteiger partial charge in [-0.25, -0.2) is 0 Å². The first-order valence-corrected chi connectivity index (χ1v) is 7.49. The maximum Gasteiger partial charge on any atom is 0.255 e. The molecule has 0 bridgehead atoms. The lowest BCUT2D eigenvalue weighted by Crippen LogP contribution is -2.35. The Labute approximate surface area is 125 Å². The van der Waals surface area contributed by atoms with E-state index in [0.717, 1.165) is 12.8 Å². The minimum absolute atomic E-state index is 0.179. The number of aliphatic hydroxyl groups is 1. The van der Waals surface area contributed by atoms with Gasteiger partial charge in [0, 0.05) is 13.2 Å². The highest BCUT2D eigenvalue weighted by atomic mass is 16.5. The number of nitrogens with one attached hydrogen (secondary N) is 1. The van der Waals surface area contributed by atoms with Crippen molar-refractivity contribution in [3.8, 4) is 5.75 Å². The molecule has 2 unspecified atom stereocenters. The Morgan fingerprint density at radius 3 is 2.76 bits per heavy atom.